The van der Waals surface area contributed by atoms with Crippen molar-refractivity contribution in [3.05, 3.63) is 109 Å². The summed E-state index contributed by atoms with van der Waals surface area (Å²) in [5, 5.41) is 2.55. The van der Waals surface area contributed by atoms with Crippen molar-refractivity contribution in [2.24, 2.45) is 5.92 Å². The van der Waals surface area contributed by atoms with E-state index in [2.05, 4.69) is 111 Å². The lowest BCUT2D eigenvalue weighted by molar-refractivity contribution is -0.0226. The Labute approximate surface area is 284 Å². The predicted octanol–water partition coefficient (Wildman–Crippen LogP) is 8.66. The molecule has 1 aliphatic heterocycles. The van der Waals surface area contributed by atoms with Gasteiger partial charge in [-0.3, -0.25) is 4.90 Å². The minimum Gasteiger partial charge on any atom is -0.444 e. The lowest BCUT2D eigenvalue weighted by Crippen LogP contribution is -2.66. The molecular formula is C41H55NO4Si. The Kier molecular flexibility index (Phi) is 11.2. The first-order valence-corrected chi connectivity index (χ1v) is 19.4. The number of carbonyl (C=O) groups excluding carboxylic acids is 1. The average Bonchev–Trinajstić information content (AvgIpc) is 3.40. The van der Waals surface area contributed by atoms with Crippen LogP contribution in [0, 0.1) is 5.92 Å². The maximum absolute atomic E-state index is 14.0. The van der Waals surface area contributed by atoms with Gasteiger partial charge in [0.1, 0.15) is 5.60 Å². The predicted molar refractivity (Wildman–Crippen MR) is 195 cm³/mol. The van der Waals surface area contributed by atoms with Crippen molar-refractivity contribution < 1.29 is 18.7 Å². The van der Waals surface area contributed by atoms with Gasteiger partial charge in [0.15, 0.2) is 0 Å². The summed E-state index contributed by atoms with van der Waals surface area (Å²) >= 11 is 0. The van der Waals surface area contributed by atoms with Crippen molar-refractivity contribution in [3.63, 3.8) is 0 Å². The Morgan fingerprint density at radius 3 is 2.02 bits per heavy atom. The quantitative estimate of drug-likeness (QED) is 0.118. The summed E-state index contributed by atoms with van der Waals surface area (Å²) in [7, 11) is -2.60. The molecule has 3 aromatic carbocycles. The number of nitrogens with zero attached hydrogens (tertiary/aromatic N) is 1. The second-order valence-electron chi connectivity index (χ2n) is 15.4. The third-order valence-corrected chi connectivity index (χ3v) is 15.0. The molecule has 5 rings (SSSR count). The van der Waals surface area contributed by atoms with E-state index in [1.54, 1.807) is 0 Å². The number of amides is 1. The summed E-state index contributed by atoms with van der Waals surface area (Å²) < 4.78 is 19.6. The number of hydrogen-bond donors (Lipinski definition) is 0. The smallest absolute Gasteiger partial charge is 0.411 e. The van der Waals surface area contributed by atoms with Gasteiger partial charge in [0, 0.05) is 6.61 Å². The number of likely N-dealkylation sites (tertiary alicyclic amines) is 1. The second-order valence-corrected chi connectivity index (χ2v) is 19.7. The van der Waals surface area contributed by atoms with E-state index in [9.17, 15) is 4.79 Å². The highest BCUT2D eigenvalue weighted by molar-refractivity contribution is 6.99. The van der Waals surface area contributed by atoms with Gasteiger partial charge in [-0.25, -0.2) is 4.79 Å². The van der Waals surface area contributed by atoms with E-state index in [0.717, 1.165) is 44.1 Å². The molecule has 0 aromatic heterocycles. The first-order chi connectivity index (χ1) is 22.5. The number of hydrogen-bond acceptors (Lipinski definition) is 4. The highest BCUT2D eigenvalue weighted by Gasteiger charge is 2.54. The van der Waals surface area contributed by atoms with Crippen LogP contribution in [0.5, 0.6) is 0 Å². The maximum atomic E-state index is 14.0. The summed E-state index contributed by atoms with van der Waals surface area (Å²) in [5.41, 5.74) is 0.187. The Morgan fingerprint density at radius 1 is 0.851 bits per heavy atom. The van der Waals surface area contributed by atoms with Crippen LogP contribution in [0.25, 0.3) is 0 Å². The molecule has 1 aliphatic carbocycles. The zero-order valence-corrected chi connectivity index (χ0v) is 30.4. The lowest BCUT2D eigenvalue weighted by Gasteiger charge is -2.47. The lowest BCUT2D eigenvalue weighted by atomic mass is 9.73. The first kappa shape index (κ1) is 35.1. The van der Waals surface area contributed by atoms with Gasteiger partial charge in [0.25, 0.3) is 8.32 Å². The van der Waals surface area contributed by atoms with E-state index in [4.69, 9.17) is 13.9 Å². The van der Waals surface area contributed by atoms with Crippen LogP contribution in [-0.2, 0) is 20.5 Å². The Hall–Kier alpha value is -3.19. The Bertz CT molecular complexity index is 1410. The van der Waals surface area contributed by atoms with E-state index in [0.29, 0.717) is 25.7 Å². The number of rotatable bonds is 11. The summed E-state index contributed by atoms with van der Waals surface area (Å²) in [6.45, 7) is 14.5. The molecule has 3 aromatic rings. The minimum atomic E-state index is -2.60. The fourth-order valence-corrected chi connectivity index (χ4v) is 12.5. The molecule has 252 valence electrons. The van der Waals surface area contributed by atoms with Crippen LogP contribution in [0.15, 0.2) is 103 Å². The van der Waals surface area contributed by atoms with Gasteiger partial charge in [-0.1, -0.05) is 124 Å². The van der Waals surface area contributed by atoms with Crippen molar-refractivity contribution in [2.75, 3.05) is 13.2 Å². The third-order valence-electron chi connectivity index (χ3n) is 9.93. The topological polar surface area (TPSA) is 48.0 Å². The fourth-order valence-electron chi connectivity index (χ4n) is 7.91. The van der Waals surface area contributed by atoms with E-state index in [-0.39, 0.29) is 22.7 Å². The first-order valence-electron chi connectivity index (χ1n) is 17.5. The van der Waals surface area contributed by atoms with Crippen molar-refractivity contribution in [2.45, 2.75) is 109 Å². The molecule has 0 bridgehead atoms. The van der Waals surface area contributed by atoms with E-state index < -0.39 is 13.9 Å². The molecule has 1 amide bonds. The normalized spacial score (nSPS) is 21.7. The van der Waals surface area contributed by atoms with Gasteiger partial charge in [-0.15, -0.1) is 0 Å². The molecule has 0 N–H and O–H groups in total. The molecule has 1 fully saturated rings. The molecule has 0 unspecified atom stereocenters. The zero-order valence-electron chi connectivity index (χ0n) is 29.4. The van der Waals surface area contributed by atoms with Gasteiger partial charge < -0.3 is 13.9 Å². The Balaban J connectivity index is 1.35. The molecule has 47 heavy (non-hydrogen) atoms. The molecule has 1 spiro atoms. The molecule has 0 saturated carbocycles. The number of benzene rings is 3. The largest absolute Gasteiger partial charge is 0.444 e. The molecule has 3 atom stereocenters. The minimum absolute atomic E-state index is 0.0350. The molecule has 2 aliphatic rings. The van der Waals surface area contributed by atoms with Crippen molar-refractivity contribution in [1.82, 2.24) is 4.90 Å². The standard InChI is InChI=1S/C41H55NO4Si/c1-39(2,3)46-38(43)42-35(32-44-31-33-19-10-7-11-20-33)27-29-41(42)28-17-16-21-34(41)22-18-30-45-47(40(4,5)6,36-23-12-8-13-24-36)37-25-14-9-15-26-37/h7-15,17,19-20,23-26,28,34-35H,16,18,21-22,27,29-32H2,1-6H3/t34-,35-,41-/m0/s1. The van der Waals surface area contributed by atoms with Crippen molar-refractivity contribution >= 4 is 24.8 Å². The van der Waals surface area contributed by atoms with Gasteiger partial charge in [-0.05, 0) is 86.2 Å². The highest BCUT2D eigenvalue weighted by atomic mass is 28.4. The van der Waals surface area contributed by atoms with Crippen molar-refractivity contribution in [3.8, 4) is 0 Å². The summed E-state index contributed by atoms with van der Waals surface area (Å²) in [4.78, 5) is 16.1. The van der Waals surface area contributed by atoms with E-state index >= 15 is 0 Å². The second kappa shape index (κ2) is 14.9. The molecule has 6 heteroatoms. The third kappa shape index (κ3) is 7.93. The number of allylic oxidation sites excluding steroid dienone is 1. The van der Waals surface area contributed by atoms with Gasteiger partial charge >= 0.3 is 6.09 Å². The Morgan fingerprint density at radius 2 is 1.45 bits per heavy atom. The molecule has 5 nitrogen and oxygen atoms in total. The van der Waals surface area contributed by atoms with Gasteiger partial charge in [0.05, 0.1) is 24.8 Å². The summed E-state index contributed by atoms with van der Waals surface area (Å²) in [6.07, 6.45) is 10.2. The average molecular weight is 654 g/mol. The maximum Gasteiger partial charge on any atom is 0.411 e. The van der Waals surface area contributed by atoms with Crippen LogP contribution < -0.4 is 10.4 Å². The molecule has 0 radical (unpaired) electrons. The van der Waals surface area contributed by atoms with E-state index in [1.165, 1.54) is 10.4 Å². The van der Waals surface area contributed by atoms with E-state index in [1.807, 2.05) is 39.0 Å². The summed E-state index contributed by atoms with van der Waals surface area (Å²) in [5.74, 6) is 0.321. The number of carbonyl (C=O) groups is 1. The molecule has 1 saturated heterocycles. The van der Waals surface area contributed by atoms with Crippen molar-refractivity contribution in [1.29, 1.82) is 0 Å². The zero-order chi connectivity index (χ0) is 33.5. The van der Waals surface area contributed by atoms with Crippen LogP contribution in [0.3, 0.4) is 0 Å². The van der Waals surface area contributed by atoms with Crippen LogP contribution >= 0.6 is 0 Å². The monoisotopic (exact) mass is 653 g/mol. The van der Waals surface area contributed by atoms with Crippen LogP contribution in [0.2, 0.25) is 5.04 Å². The van der Waals surface area contributed by atoms with Gasteiger partial charge in [0.2, 0.25) is 0 Å². The van der Waals surface area contributed by atoms with Crippen LogP contribution in [0.1, 0.15) is 85.6 Å². The fraction of sp³-hybridized carbons (Fsp3) is 0.488. The van der Waals surface area contributed by atoms with Gasteiger partial charge in [-0.2, -0.15) is 0 Å². The molecule has 1 heterocycles. The molecular weight excluding hydrogens is 599 g/mol. The SMILES string of the molecule is CC(C)(C)OC(=O)N1[C@H](COCc2ccccc2)CC[C@]12C=CCC[C@H]2CCCO[Si](c1ccccc1)(c1ccccc1)C(C)(C)C. The summed E-state index contributed by atoms with van der Waals surface area (Å²) in [6, 6.07) is 31.9. The number of ether oxygens (including phenoxy) is 2. The highest BCUT2D eigenvalue weighted by Crippen LogP contribution is 2.47. The van der Waals surface area contributed by atoms with Crippen LogP contribution in [-0.4, -0.2) is 49.7 Å². The van der Waals surface area contributed by atoms with Crippen LogP contribution in [0.4, 0.5) is 4.79 Å².